The fraction of sp³-hybridized carbons (Fsp3) is 0.562. The highest BCUT2D eigenvalue weighted by molar-refractivity contribution is 5.85. The van der Waals surface area contributed by atoms with Crippen LogP contribution in [0.3, 0.4) is 0 Å². The van der Waals surface area contributed by atoms with Crippen molar-refractivity contribution in [2.45, 2.75) is 19.4 Å². The molecule has 5 nitrogen and oxygen atoms in total. The van der Waals surface area contributed by atoms with Crippen molar-refractivity contribution in [1.82, 2.24) is 10.2 Å². The smallest absolute Gasteiger partial charge is 0.124 e. The first-order valence-electron chi connectivity index (χ1n) is 7.49. The van der Waals surface area contributed by atoms with Gasteiger partial charge in [0.1, 0.15) is 17.3 Å². The van der Waals surface area contributed by atoms with E-state index in [9.17, 15) is 0 Å². The summed E-state index contributed by atoms with van der Waals surface area (Å²) >= 11 is 0. The standard InChI is InChI=1S/C16H23N3O2/c1-11-16-12(13(20-2)4-5-14(16)21-3)6-9-19(11)10-15-17-7-8-18-15/h4-5,11H,6-10H2,1-3H3,(H,17,18). The van der Waals surface area contributed by atoms with Gasteiger partial charge in [-0.3, -0.25) is 9.89 Å². The Bertz CT molecular complexity index is 557. The second-order valence-corrected chi connectivity index (χ2v) is 5.51. The summed E-state index contributed by atoms with van der Waals surface area (Å²) in [5.41, 5.74) is 2.53. The van der Waals surface area contributed by atoms with Gasteiger partial charge in [0.25, 0.3) is 0 Å². The molecule has 1 N–H and O–H groups in total. The molecular formula is C16H23N3O2. The van der Waals surface area contributed by atoms with E-state index in [4.69, 9.17) is 9.47 Å². The molecule has 0 radical (unpaired) electrons. The number of amidine groups is 1. The minimum absolute atomic E-state index is 0.295. The van der Waals surface area contributed by atoms with Crippen LogP contribution in [-0.4, -0.2) is 51.1 Å². The van der Waals surface area contributed by atoms with Crippen molar-refractivity contribution in [3.8, 4) is 11.5 Å². The third kappa shape index (κ3) is 2.58. The van der Waals surface area contributed by atoms with Gasteiger partial charge in [0.15, 0.2) is 0 Å². The summed E-state index contributed by atoms with van der Waals surface area (Å²) in [6.07, 6.45) is 0.979. The molecule has 1 aromatic rings. The normalized spacial score (nSPS) is 21.5. The van der Waals surface area contributed by atoms with Gasteiger partial charge in [0.05, 0.1) is 27.3 Å². The molecule has 5 heteroatoms. The van der Waals surface area contributed by atoms with Gasteiger partial charge in [0.2, 0.25) is 0 Å². The molecule has 21 heavy (non-hydrogen) atoms. The average molecular weight is 289 g/mol. The number of hydrogen-bond acceptors (Lipinski definition) is 5. The highest BCUT2D eigenvalue weighted by Crippen LogP contribution is 2.40. The Morgan fingerprint density at radius 1 is 1.29 bits per heavy atom. The van der Waals surface area contributed by atoms with Gasteiger partial charge in [-0.2, -0.15) is 0 Å². The zero-order valence-corrected chi connectivity index (χ0v) is 13.0. The number of rotatable bonds is 4. The van der Waals surface area contributed by atoms with Gasteiger partial charge in [-0.05, 0) is 25.5 Å². The van der Waals surface area contributed by atoms with E-state index in [0.717, 1.165) is 49.9 Å². The predicted molar refractivity (Wildman–Crippen MR) is 83.5 cm³/mol. The molecular weight excluding hydrogens is 266 g/mol. The molecule has 0 bridgehead atoms. The molecule has 0 amide bonds. The van der Waals surface area contributed by atoms with Crippen LogP contribution >= 0.6 is 0 Å². The maximum atomic E-state index is 5.57. The van der Waals surface area contributed by atoms with E-state index in [2.05, 4.69) is 22.1 Å². The van der Waals surface area contributed by atoms with Crippen LogP contribution in [0.2, 0.25) is 0 Å². The van der Waals surface area contributed by atoms with Gasteiger partial charge < -0.3 is 14.8 Å². The number of nitrogens with one attached hydrogen (secondary N) is 1. The van der Waals surface area contributed by atoms with Crippen LogP contribution in [0.5, 0.6) is 11.5 Å². The summed E-state index contributed by atoms with van der Waals surface area (Å²) < 4.78 is 11.1. The summed E-state index contributed by atoms with van der Waals surface area (Å²) in [4.78, 5) is 6.95. The molecule has 0 saturated heterocycles. The molecule has 2 heterocycles. The number of nitrogens with zero attached hydrogens (tertiary/aromatic N) is 2. The lowest BCUT2D eigenvalue weighted by atomic mass is 9.91. The maximum absolute atomic E-state index is 5.57. The quantitative estimate of drug-likeness (QED) is 0.915. The first-order valence-corrected chi connectivity index (χ1v) is 7.49. The van der Waals surface area contributed by atoms with Crippen LogP contribution in [0.15, 0.2) is 17.1 Å². The van der Waals surface area contributed by atoms with Gasteiger partial charge in [-0.25, -0.2) is 0 Å². The minimum Gasteiger partial charge on any atom is -0.496 e. The molecule has 2 aliphatic heterocycles. The first kappa shape index (κ1) is 14.2. The summed E-state index contributed by atoms with van der Waals surface area (Å²) in [6, 6.07) is 4.30. The highest BCUT2D eigenvalue weighted by atomic mass is 16.5. The summed E-state index contributed by atoms with van der Waals surface area (Å²) in [6.45, 7) is 5.98. The van der Waals surface area contributed by atoms with Crippen molar-refractivity contribution >= 4 is 5.84 Å². The Morgan fingerprint density at radius 2 is 2.05 bits per heavy atom. The molecule has 0 fully saturated rings. The Kier molecular flexibility index (Phi) is 4.01. The zero-order valence-electron chi connectivity index (χ0n) is 13.0. The second-order valence-electron chi connectivity index (χ2n) is 5.51. The van der Waals surface area contributed by atoms with E-state index in [0.29, 0.717) is 6.04 Å². The topological polar surface area (TPSA) is 46.1 Å². The van der Waals surface area contributed by atoms with Gasteiger partial charge in [-0.15, -0.1) is 0 Å². The Morgan fingerprint density at radius 3 is 2.71 bits per heavy atom. The zero-order chi connectivity index (χ0) is 14.8. The van der Waals surface area contributed by atoms with E-state index in [1.165, 1.54) is 11.1 Å². The lowest BCUT2D eigenvalue weighted by Gasteiger charge is -2.36. The maximum Gasteiger partial charge on any atom is 0.124 e. The number of hydrogen-bond donors (Lipinski definition) is 1. The lowest BCUT2D eigenvalue weighted by molar-refractivity contribution is 0.218. The van der Waals surface area contributed by atoms with E-state index in [-0.39, 0.29) is 0 Å². The number of fused-ring (bicyclic) bond motifs is 1. The third-order valence-corrected chi connectivity index (χ3v) is 4.42. The summed E-state index contributed by atoms with van der Waals surface area (Å²) in [7, 11) is 3.46. The van der Waals surface area contributed by atoms with E-state index in [1.54, 1.807) is 14.2 Å². The summed E-state index contributed by atoms with van der Waals surface area (Å²) in [5.74, 6) is 3.02. The van der Waals surface area contributed by atoms with Crippen molar-refractivity contribution in [3.63, 3.8) is 0 Å². The molecule has 0 aromatic heterocycles. The van der Waals surface area contributed by atoms with Gasteiger partial charge in [-0.1, -0.05) is 0 Å². The van der Waals surface area contributed by atoms with Crippen molar-refractivity contribution in [3.05, 3.63) is 23.3 Å². The van der Waals surface area contributed by atoms with Crippen molar-refractivity contribution in [1.29, 1.82) is 0 Å². The average Bonchev–Trinajstić information content (AvgIpc) is 3.02. The molecule has 2 aliphatic rings. The lowest BCUT2D eigenvalue weighted by Crippen LogP contribution is -2.40. The number of aliphatic imine (C=N–C) groups is 1. The summed E-state index contributed by atoms with van der Waals surface area (Å²) in [5, 5.41) is 3.35. The molecule has 0 spiro atoms. The largest absolute Gasteiger partial charge is 0.496 e. The highest BCUT2D eigenvalue weighted by Gasteiger charge is 2.30. The van der Waals surface area contributed by atoms with Gasteiger partial charge in [0, 0.05) is 30.3 Å². The number of benzene rings is 1. The number of methoxy groups -OCH3 is 2. The van der Waals surface area contributed by atoms with Crippen LogP contribution in [-0.2, 0) is 6.42 Å². The molecule has 114 valence electrons. The molecule has 0 saturated carbocycles. The molecule has 3 rings (SSSR count). The van der Waals surface area contributed by atoms with Crippen molar-refractivity contribution in [2.24, 2.45) is 4.99 Å². The fourth-order valence-electron chi connectivity index (χ4n) is 3.30. The SMILES string of the molecule is COc1ccc(OC)c2c1CCN(CC1=NCCN1)C2C. The van der Waals surface area contributed by atoms with Crippen molar-refractivity contribution in [2.75, 3.05) is 40.4 Å². The van der Waals surface area contributed by atoms with Crippen molar-refractivity contribution < 1.29 is 9.47 Å². The Balaban J connectivity index is 1.90. The molecule has 1 atom stereocenters. The van der Waals surface area contributed by atoms with Gasteiger partial charge >= 0.3 is 0 Å². The van der Waals surface area contributed by atoms with Crippen LogP contribution in [0.25, 0.3) is 0 Å². The Hall–Kier alpha value is -1.75. The van der Waals surface area contributed by atoms with Crippen LogP contribution < -0.4 is 14.8 Å². The van der Waals surface area contributed by atoms with E-state index >= 15 is 0 Å². The van der Waals surface area contributed by atoms with E-state index in [1.807, 2.05) is 12.1 Å². The molecule has 1 unspecified atom stereocenters. The third-order valence-electron chi connectivity index (χ3n) is 4.42. The van der Waals surface area contributed by atoms with Crippen LogP contribution in [0.1, 0.15) is 24.1 Å². The predicted octanol–water partition coefficient (Wildman–Crippen LogP) is 1.62. The number of ether oxygens (including phenoxy) is 2. The fourth-order valence-corrected chi connectivity index (χ4v) is 3.30. The minimum atomic E-state index is 0.295. The van der Waals surface area contributed by atoms with Crippen LogP contribution in [0, 0.1) is 0 Å². The molecule has 0 aliphatic carbocycles. The second kappa shape index (κ2) is 5.93. The van der Waals surface area contributed by atoms with E-state index < -0.39 is 0 Å². The first-order chi connectivity index (χ1) is 10.2. The molecule has 1 aromatic carbocycles. The Labute approximate surface area is 126 Å². The monoisotopic (exact) mass is 289 g/mol. The van der Waals surface area contributed by atoms with Crippen LogP contribution in [0.4, 0.5) is 0 Å².